The molecule has 0 aliphatic heterocycles. The zero-order chi connectivity index (χ0) is 7.82. The zero-order valence-corrected chi connectivity index (χ0v) is 7.71. The van der Waals surface area contributed by atoms with Crippen LogP contribution in [0.3, 0.4) is 0 Å². The summed E-state index contributed by atoms with van der Waals surface area (Å²) in [5.41, 5.74) is 1.63. The maximum Gasteiger partial charge on any atom is 0.0617 e. The second kappa shape index (κ2) is 7.00. The summed E-state index contributed by atoms with van der Waals surface area (Å²) >= 11 is 4.71. The summed E-state index contributed by atoms with van der Waals surface area (Å²) < 4.78 is 0. The van der Waals surface area contributed by atoms with E-state index >= 15 is 0 Å². The van der Waals surface area contributed by atoms with Crippen LogP contribution in [0, 0.1) is 0 Å². The van der Waals surface area contributed by atoms with Crippen LogP contribution in [0.15, 0.2) is 0 Å². The number of hydrogen-bond acceptors (Lipinski definition) is 1. The van der Waals surface area contributed by atoms with E-state index in [-0.39, 0.29) is 0 Å². The smallest absolute Gasteiger partial charge is 0.0617 e. The molecule has 0 spiro atoms. The van der Waals surface area contributed by atoms with Crippen molar-refractivity contribution in [3.8, 4) is 0 Å². The molecule has 0 bridgehead atoms. The normalized spacial score (nSPS) is 12.6. The monoisotopic (exact) mass is 159 g/mol. The minimum atomic E-state index is 0.609. The summed E-state index contributed by atoms with van der Waals surface area (Å²) in [4.78, 5) is 0. The van der Waals surface area contributed by atoms with Crippen LogP contribution in [0.5, 0.6) is 0 Å². The first-order valence-electron chi connectivity index (χ1n) is 4.04. The average Bonchev–Trinajstić information content (AvgIpc) is 1.98. The van der Waals surface area contributed by atoms with Gasteiger partial charge in [0.1, 0.15) is 0 Å². The second-order valence-electron chi connectivity index (χ2n) is 2.53. The molecule has 0 aliphatic rings. The van der Waals surface area contributed by atoms with E-state index in [0.717, 1.165) is 0 Å². The van der Waals surface area contributed by atoms with Crippen LogP contribution in [0.4, 0.5) is 0 Å². The fourth-order valence-corrected chi connectivity index (χ4v) is 1.14. The van der Waals surface area contributed by atoms with Crippen LogP contribution < -0.4 is 5.32 Å². The van der Waals surface area contributed by atoms with Gasteiger partial charge in [0.25, 0.3) is 0 Å². The molecule has 1 N–H and O–H groups in total. The molecule has 0 radical (unpaired) electrons. The third-order valence-electron chi connectivity index (χ3n) is 1.70. The molecule has 0 saturated heterocycles. The van der Waals surface area contributed by atoms with Crippen molar-refractivity contribution in [1.82, 2.24) is 5.32 Å². The molecule has 0 aromatic rings. The first-order chi connectivity index (χ1) is 4.85. The van der Waals surface area contributed by atoms with Gasteiger partial charge in [-0.05, 0) is 12.8 Å². The van der Waals surface area contributed by atoms with Crippen LogP contribution in [0.25, 0.3) is 0 Å². The van der Waals surface area contributed by atoms with Gasteiger partial charge in [-0.25, -0.2) is 0 Å². The van der Waals surface area contributed by atoms with Crippen molar-refractivity contribution < 1.29 is 0 Å². The molecule has 0 saturated carbocycles. The standard InChI is InChI=1S/C8H17NS/c1-3-5-6-8(4-2)9-7-10/h7-8H,3-6H2,1-2H3,(H,9,10). The highest BCUT2D eigenvalue weighted by atomic mass is 32.1. The Hall–Kier alpha value is -0.110. The Kier molecular flexibility index (Phi) is 6.93. The van der Waals surface area contributed by atoms with Crippen LogP contribution in [0.2, 0.25) is 0 Å². The van der Waals surface area contributed by atoms with Crippen molar-refractivity contribution in [3.05, 3.63) is 0 Å². The summed E-state index contributed by atoms with van der Waals surface area (Å²) in [5, 5.41) is 3.16. The zero-order valence-electron chi connectivity index (χ0n) is 6.89. The third-order valence-corrected chi connectivity index (χ3v) is 1.84. The molecule has 0 aromatic heterocycles. The van der Waals surface area contributed by atoms with Gasteiger partial charge in [0, 0.05) is 6.04 Å². The molecular weight excluding hydrogens is 142 g/mol. The van der Waals surface area contributed by atoms with Gasteiger partial charge >= 0.3 is 0 Å². The molecule has 0 amide bonds. The molecular formula is C8H17NS. The largest absolute Gasteiger partial charge is 0.379 e. The van der Waals surface area contributed by atoms with Crippen molar-refractivity contribution in [3.63, 3.8) is 0 Å². The molecule has 0 heterocycles. The fourth-order valence-electron chi connectivity index (χ4n) is 0.952. The highest BCUT2D eigenvalue weighted by molar-refractivity contribution is 7.78. The first kappa shape index (κ1) is 9.89. The minimum Gasteiger partial charge on any atom is -0.379 e. The highest BCUT2D eigenvalue weighted by Crippen LogP contribution is 2.02. The number of nitrogens with one attached hydrogen (secondary N) is 1. The van der Waals surface area contributed by atoms with Gasteiger partial charge in [0.2, 0.25) is 0 Å². The fraction of sp³-hybridized carbons (Fsp3) is 0.875. The summed E-state index contributed by atoms with van der Waals surface area (Å²) in [6.45, 7) is 4.40. The lowest BCUT2D eigenvalue weighted by Gasteiger charge is -2.12. The van der Waals surface area contributed by atoms with Crippen LogP contribution >= 0.6 is 12.2 Å². The minimum absolute atomic E-state index is 0.609. The molecule has 2 heteroatoms. The van der Waals surface area contributed by atoms with Gasteiger partial charge in [-0.3, -0.25) is 0 Å². The van der Waals surface area contributed by atoms with E-state index in [1.807, 2.05) is 0 Å². The summed E-state index contributed by atoms with van der Waals surface area (Å²) in [7, 11) is 0. The molecule has 1 atom stereocenters. The van der Waals surface area contributed by atoms with E-state index in [9.17, 15) is 0 Å². The molecule has 1 unspecified atom stereocenters. The van der Waals surface area contributed by atoms with E-state index in [2.05, 4.69) is 19.2 Å². The third kappa shape index (κ3) is 4.74. The Bertz CT molecular complexity index is 83.3. The molecule has 0 aliphatic carbocycles. The molecule has 0 aromatic carbocycles. The van der Waals surface area contributed by atoms with Crippen molar-refractivity contribution in [2.24, 2.45) is 0 Å². The van der Waals surface area contributed by atoms with E-state index in [1.165, 1.54) is 25.7 Å². The van der Waals surface area contributed by atoms with Gasteiger partial charge in [0.15, 0.2) is 0 Å². The number of unbranched alkanes of at least 4 members (excludes halogenated alkanes) is 1. The quantitative estimate of drug-likeness (QED) is 0.598. The summed E-state index contributed by atoms with van der Waals surface area (Å²) in [6, 6.07) is 0.609. The maximum atomic E-state index is 4.71. The number of hydrogen-bond donors (Lipinski definition) is 1. The molecule has 0 rings (SSSR count). The Morgan fingerprint density at radius 3 is 2.60 bits per heavy atom. The summed E-state index contributed by atoms with van der Waals surface area (Å²) in [6.07, 6.45) is 5.00. The maximum absolute atomic E-state index is 4.71. The second-order valence-corrected chi connectivity index (χ2v) is 2.77. The summed E-state index contributed by atoms with van der Waals surface area (Å²) in [5.74, 6) is 0. The van der Waals surface area contributed by atoms with E-state index in [0.29, 0.717) is 6.04 Å². The van der Waals surface area contributed by atoms with Crippen molar-refractivity contribution in [1.29, 1.82) is 0 Å². The number of rotatable bonds is 6. The lowest BCUT2D eigenvalue weighted by atomic mass is 10.1. The lowest BCUT2D eigenvalue weighted by Crippen LogP contribution is -2.25. The van der Waals surface area contributed by atoms with Gasteiger partial charge in [0.05, 0.1) is 5.49 Å². The molecule has 0 fully saturated rings. The van der Waals surface area contributed by atoms with E-state index < -0.39 is 0 Å². The van der Waals surface area contributed by atoms with Crippen LogP contribution in [0.1, 0.15) is 39.5 Å². The SMILES string of the molecule is CCCCC(CC)NC=S. The molecule has 60 valence electrons. The Balaban J connectivity index is 3.29. The predicted octanol–water partition coefficient (Wildman–Crippen LogP) is 2.50. The van der Waals surface area contributed by atoms with Crippen molar-refractivity contribution >= 4 is 17.7 Å². The van der Waals surface area contributed by atoms with Crippen LogP contribution in [-0.4, -0.2) is 11.5 Å². The molecule has 1 nitrogen and oxygen atoms in total. The number of thiocarbonyl (C=S) groups is 1. The Labute approximate surface area is 69.2 Å². The van der Waals surface area contributed by atoms with Crippen molar-refractivity contribution in [2.75, 3.05) is 0 Å². The Morgan fingerprint density at radius 1 is 1.50 bits per heavy atom. The van der Waals surface area contributed by atoms with E-state index in [1.54, 1.807) is 5.49 Å². The first-order valence-corrected chi connectivity index (χ1v) is 4.52. The molecule has 10 heavy (non-hydrogen) atoms. The van der Waals surface area contributed by atoms with Gasteiger partial charge in [-0.15, -0.1) is 0 Å². The lowest BCUT2D eigenvalue weighted by molar-refractivity contribution is 0.525. The Morgan fingerprint density at radius 2 is 2.20 bits per heavy atom. The van der Waals surface area contributed by atoms with Crippen molar-refractivity contribution in [2.45, 2.75) is 45.6 Å². The van der Waals surface area contributed by atoms with Crippen LogP contribution in [-0.2, 0) is 0 Å². The highest BCUT2D eigenvalue weighted by Gasteiger charge is 2.00. The average molecular weight is 159 g/mol. The topological polar surface area (TPSA) is 12.0 Å². The predicted molar refractivity (Wildman–Crippen MR) is 50.4 cm³/mol. The van der Waals surface area contributed by atoms with E-state index in [4.69, 9.17) is 12.2 Å². The van der Waals surface area contributed by atoms with Gasteiger partial charge in [-0.2, -0.15) is 0 Å². The van der Waals surface area contributed by atoms with Gasteiger partial charge in [-0.1, -0.05) is 38.9 Å². The van der Waals surface area contributed by atoms with Gasteiger partial charge < -0.3 is 5.32 Å².